The van der Waals surface area contributed by atoms with Gasteiger partial charge in [-0.2, -0.15) is 0 Å². The molecule has 0 spiro atoms. The minimum Gasteiger partial charge on any atom is -0.507 e. The number of aromatic hydroxyl groups is 1. The number of carboxylic acids is 1. The van der Waals surface area contributed by atoms with Crippen LogP contribution in [0.4, 0.5) is 0 Å². The van der Waals surface area contributed by atoms with Crippen LogP contribution in [0.1, 0.15) is 267 Å². The Morgan fingerprint density at radius 3 is 1.04 bits per heavy atom. The molecule has 0 saturated heterocycles. The topological polar surface area (TPSA) is 57.5 Å². The minimum atomic E-state index is -0.864. The maximum absolute atomic E-state index is 12.4. The van der Waals surface area contributed by atoms with E-state index in [1.54, 1.807) is 6.07 Å². The molecule has 1 aromatic rings. The second kappa shape index (κ2) is 31.1. The van der Waals surface area contributed by atoms with E-state index in [1.165, 1.54) is 180 Å². The molecule has 2 N–H and O–H groups in total. The molecular formula is C47H86O3. The average molecular weight is 699 g/mol. The molecule has 1 rings (SSSR count). The fraction of sp³-hybridized carbons (Fsp3) is 0.851. The third kappa shape index (κ3) is 23.1. The Kier molecular flexibility index (Phi) is 28.9. The highest BCUT2D eigenvalue weighted by Gasteiger charge is 2.28. The van der Waals surface area contributed by atoms with Crippen LogP contribution in [0.15, 0.2) is 6.07 Å². The summed E-state index contributed by atoms with van der Waals surface area (Å²) in [7, 11) is 0. The van der Waals surface area contributed by atoms with Crippen LogP contribution in [-0.4, -0.2) is 16.2 Å². The highest BCUT2D eigenvalue weighted by Crippen LogP contribution is 2.39. The van der Waals surface area contributed by atoms with Gasteiger partial charge in [-0.1, -0.05) is 227 Å². The van der Waals surface area contributed by atoms with Gasteiger partial charge in [0.05, 0.1) is 5.56 Å². The first-order valence-electron chi connectivity index (χ1n) is 22.4. The monoisotopic (exact) mass is 699 g/mol. The molecule has 3 nitrogen and oxygen atoms in total. The molecule has 0 radical (unpaired) electrons. The van der Waals surface area contributed by atoms with Crippen molar-refractivity contribution in [2.45, 2.75) is 258 Å². The van der Waals surface area contributed by atoms with Crippen LogP contribution >= 0.6 is 0 Å². The number of aryl methyl sites for hydroxylation is 1. The molecule has 0 fully saturated rings. The van der Waals surface area contributed by atoms with Crippen LogP contribution in [0.3, 0.4) is 0 Å². The number of carboxylic acid groups (broad SMARTS) is 1. The van der Waals surface area contributed by atoms with E-state index >= 15 is 0 Å². The normalized spacial score (nSPS) is 11.9. The summed E-state index contributed by atoms with van der Waals surface area (Å²) in [4.78, 5) is 12.4. The molecule has 50 heavy (non-hydrogen) atoms. The zero-order chi connectivity index (χ0) is 36.7. The van der Waals surface area contributed by atoms with Gasteiger partial charge in [-0.15, -0.1) is 0 Å². The van der Waals surface area contributed by atoms with E-state index < -0.39 is 5.97 Å². The molecule has 0 unspecified atom stereocenters. The average Bonchev–Trinajstić information content (AvgIpc) is 3.08. The number of carbonyl (C=O) groups is 1. The van der Waals surface area contributed by atoms with Crippen molar-refractivity contribution in [2.24, 2.45) is 0 Å². The zero-order valence-corrected chi connectivity index (χ0v) is 34.4. The summed E-state index contributed by atoms with van der Waals surface area (Å²) in [6, 6.07) is 1.79. The van der Waals surface area contributed by atoms with E-state index in [-0.39, 0.29) is 5.41 Å². The summed E-state index contributed by atoms with van der Waals surface area (Å²) >= 11 is 0. The molecule has 0 aromatic heterocycles. The summed E-state index contributed by atoms with van der Waals surface area (Å²) in [5.74, 6) is -0.488. The molecule has 292 valence electrons. The van der Waals surface area contributed by atoms with Crippen molar-refractivity contribution in [3.8, 4) is 5.75 Å². The van der Waals surface area contributed by atoms with Crippen molar-refractivity contribution in [3.63, 3.8) is 0 Å². The van der Waals surface area contributed by atoms with E-state index in [1.807, 2.05) is 0 Å². The summed E-state index contributed by atoms with van der Waals surface area (Å²) in [6.45, 7) is 10.8. The number of benzene rings is 1. The fourth-order valence-electron chi connectivity index (χ4n) is 7.96. The molecule has 0 atom stereocenters. The van der Waals surface area contributed by atoms with Gasteiger partial charge in [-0.3, -0.25) is 0 Å². The van der Waals surface area contributed by atoms with Gasteiger partial charge in [0.15, 0.2) is 0 Å². The van der Waals surface area contributed by atoms with E-state index in [2.05, 4.69) is 34.6 Å². The third-order valence-corrected chi connectivity index (χ3v) is 11.0. The molecule has 0 aliphatic rings. The van der Waals surface area contributed by atoms with Crippen LogP contribution in [0.25, 0.3) is 0 Å². The summed E-state index contributed by atoms with van der Waals surface area (Å²) in [6.07, 6.45) is 44.3. The third-order valence-electron chi connectivity index (χ3n) is 11.0. The molecule has 0 saturated carbocycles. The quantitative estimate of drug-likeness (QED) is 0.0694. The lowest BCUT2D eigenvalue weighted by Gasteiger charge is -2.27. The Hall–Kier alpha value is -1.51. The van der Waals surface area contributed by atoms with Crippen LogP contribution in [0.2, 0.25) is 0 Å². The zero-order valence-electron chi connectivity index (χ0n) is 34.4. The van der Waals surface area contributed by atoms with Gasteiger partial charge >= 0.3 is 5.97 Å². The number of unbranched alkanes of at least 4 members (excludes halogenated alkanes) is 30. The maximum Gasteiger partial charge on any atom is 0.336 e. The molecule has 0 aliphatic heterocycles. The SMILES string of the molecule is CCCCCCCCCCCCCCCCCCc1cc(C(=O)O)c(C(C)(C)C)c(CCCCCCCCCCCCCCCCCC)c1O. The van der Waals surface area contributed by atoms with E-state index in [9.17, 15) is 15.0 Å². The molecular weight excluding hydrogens is 613 g/mol. The lowest BCUT2D eigenvalue weighted by Crippen LogP contribution is -2.21. The Morgan fingerprint density at radius 2 is 0.760 bits per heavy atom. The summed E-state index contributed by atoms with van der Waals surface area (Å²) in [5.41, 5.74) is 2.64. The van der Waals surface area contributed by atoms with Crippen molar-refractivity contribution >= 4 is 5.97 Å². The maximum atomic E-state index is 12.4. The van der Waals surface area contributed by atoms with E-state index in [4.69, 9.17) is 0 Å². The Morgan fingerprint density at radius 1 is 0.480 bits per heavy atom. The second-order valence-corrected chi connectivity index (χ2v) is 16.9. The molecule has 0 amide bonds. The van der Waals surface area contributed by atoms with Gasteiger partial charge in [0.2, 0.25) is 0 Å². The highest BCUT2D eigenvalue weighted by molar-refractivity contribution is 5.91. The minimum absolute atomic E-state index is 0.331. The van der Waals surface area contributed by atoms with Crippen molar-refractivity contribution in [2.75, 3.05) is 0 Å². The van der Waals surface area contributed by atoms with E-state index in [0.717, 1.165) is 55.2 Å². The van der Waals surface area contributed by atoms with Crippen molar-refractivity contribution in [1.82, 2.24) is 0 Å². The lowest BCUT2D eigenvalue weighted by atomic mass is 9.77. The predicted octanol–water partition coefficient (Wildman–Crippen LogP) is 16.0. The number of phenolic OH excluding ortho intramolecular Hbond substituents is 1. The summed E-state index contributed by atoms with van der Waals surface area (Å²) < 4.78 is 0. The first-order chi connectivity index (χ1) is 24.2. The molecule has 0 bridgehead atoms. The number of hydrogen-bond donors (Lipinski definition) is 2. The fourth-order valence-corrected chi connectivity index (χ4v) is 7.96. The van der Waals surface area contributed by atoms with Gasteiger partial charge in [-0.25, -0.2) is 4.79 Å². The van der Waals surface area contributed by atoms with Crippen LogP contribution in [-0.2, 0) is 18.3 Å². The first-order valence-corrected chi connectivity index (χ1v) is 22.4. The van der Waals surface area contributed by atoms with E-state index in [0.29, 0.717) is 11.3 Å². The van der Waals surface area contributed by atoms with Crippen LogP contribution < -0.4 is 0 Å². The lowest BCUT2D eigenvalue weighted by molar-refractivity contribution is 0.0693. The first kappa shape index (κ1) is 46.5. The van der Waals surface area contributed by atoms with Gasteiger partial charge in [0.1, 0.15) is 5.75 Å². The van der Waals surface area contributed by atoms with Crippen molar-refractivity contribution in [1.29, 1.82) is 0 Å². The van der Waals surface area contributed by atoms with Gasteiger partial charge in [0, 0.05) is 0 Å². The van der Waals surface area contributed by atoms with Gasteiger partial charge < -0.3 is 10.2 Å². The number of aromatic carboxylic acids is 1. The standard InChI is InChI=1S/C47H86O3/c1-6-8-10-12-14-16-18-20-22-24-26-28-30-32-34-36-38-41-40-43(46(49)50)44(47(3,4)5)42(45(41)48)39-37-35-33-31-29-27-25-23-21-19-17-15-13-11-9-7-2/h40,48H,6-39H2,1-5H3,(H,49,50). The Labute approximate surface area is 312 Å². The van der Waals surface area contributed by atoms with Gasteiger partial charge in [-0.05, 0) is 53.9 Å². The molecule has 3 heteroatoms. The summed E-state index contributed by atoms with van der Waals surface area (Å²) in [5, 5.41) is 21.7. The molecule has 0 aliphatic carbocycles. The molecule has 1 aromatic carbocycles. The Bertz CT molecular complexity index is 943. The van der Waals surface area contributed by atoms with Crippen molar-refractivity contribution < 1.29 is 15.0 Å². The van der Waals surface area contributed by atoms with Gasteiger partial charge in [0.25, 0.3) is 0 Å². The number of phenols is 1. The van der Waals surface area contributed by atoms with Crippen LogP contribution in [0, 0.1) is 0 Å². The second-order valence-electron chi connectivity index (χ2n) is 16.9. The largest absolute Gasteiger partial charge is 0.507 e. The number of hydrogen-bond acceptors (Lipinski definition) is 2. The number of rotatable bonds is 35. The van der Waals surface area contributed by atoms with Crippen molar-refractivity contribution in [3.05, 3.63) is 28.3 Å². The predicted molar refractivity (Wildman–Crippen MR) is 220 cm³/mol. The highest BCUT2D eigenvalue weighted by atomic mass is 16.4. The Balaban J connectivity index is 2.36. The molecule has 0 heterocycles. The van der Waals surface area contributed by atoms with Crippen LogP contribution in [0.5, 0.6) is 5.75 Å². The smallest absolute Gasteiger partial charge is 0.336 e.